The molecule has 3 saturated carbocycles. The quantitative estimate of drug-likeness (QED) is 0.559. The van der Waals surface area contributed by atoms with E-state index in [1.165, 1.54) is 0 Å². The number of carbonyl (C=O) groups excluding carboxylic acids is 1. The van der Waals surface area contributed by atoms with Crippen LogP contribution in [0.5, 0.6) is 0 Å². The molecule has 3 rings (SSSR count). The fourth-order valence-electron chi connectivity index (χ4n) is 3.45. The Bertz CT molecular complexity index is 288. The molecule has 3 aliphatic carbocycles. The summed E-state index contributed by atoms with van der Waals surface area (Å²) in [4.78, 5) is 10.5. The number of alkyl halides is 1. The molecule has 0 radical (unpaired) electrons. The van der Waals surface area contributed by atoms with Crippen molar-refractivity contribution in [2.75, 3.05) is 0 Å². The van der Waals surface area contributed by atoms with Gasteiger partial charge in [-0.1, -0.05) is 20.8 Å². The van der Waals surface area contributed by atoms with Crippen LogP contribution in [-0.2, 0) is 0 Å². The summed E-state index contributed by atoms with van der Waals surface area (Å²) in [6, 6.07) is -0.264. The highest BCUT2D eigenvalue weighted by Gasteiger charge is 2.73. The first kappa shape index (κ1) is 10.8. The van der Waals surface area contributed by atoms with Gasteiger partial charge in [-0.05, 0) is 24.7 Å². The van der Waals surface area contributed by atoms with Gasteiger partial charge in [0.1, 0.15) is 5.67 Å². The Morgan fingerprint density at radius 3 is 2.07 bits per heavy atom. The normalized spacial score (nSPS) is 40.1. The van der Waals surface area contributed by atoms with Crippen molar-refractivity contribution < 1.29 is 13.6 Å². The Morgan fingerprint density at radius 1 is 1.33 bits per heavy atom. The van der Waals surface area contributed by atoms with Crippen molar-refractivity contribution in [2.24, 2.45) is 10.8 Å². The van der Waals surface area contributed by atoms with Gasteiger partial charge in [-0.2, -0.15) is 0 Å². The van der Waals surface area contributed by atoms with E-state index >= 15 is 0 Å². The molecule has 0 aromatic rings. The lowest BCUT2D eigenvalue weighted by molar-refractivity contribution is -0.240. The van der Waals surface area contributed by atoms with Crippen LogP contribution in [0.3, 0.4) is 0 Å². The van der Waals surface area contributed by atoms with Crippen molar-refractivity contribution in [3.05, 3.63) is 0 Å². The smallest absolute Gasteiger partial charge is 0.324 e. The molecule has 15 heavy (non-hydrogen) atoms. The molecule has 86 valence electrons. The Balaban J connectivity index is 2.11. The van der Waals surface area contributed by atoms with Crippen molar-refractivity contribution in [2.45, 2.75) is 51.7 Å². The second kappa shape index (κ2) is 2.71. The number of nitrogens with one attached hydrogen (secondary N) is 1. The largest absolute Gasteiger partial charge is 0.397 e. The van der Waals surface area contributed by atoms with Crippen LogP contribution in [0.15, 0.2) is 0 Å². The van der Waals surface area contributed by atoms with Gasteiger partial charge in [0.2, 0.25) is 0 Å². The molecule has 1 amide bonds. The van der Waals surface area contributed by atoms with Gasteiger partial charge in [-0.25, -0.2) is 9.18 Å². The van der Waals surface area contributed by atoms with Crippen molar-refractivity contribution in [1.82, 2.24) is 5.32 Å². The predicted molar refractivity (Wildman–Crippen MR) is 53.0 cm³/mol. The van der Waals surface area contributed by atoms with E-state index in [2.05, 4.69) is 5.32 Å². The van der Waals surface area contributed by atoms with Crippen LogP contribution in [0.2, 0.25) is 0 Å². The third-order valence-electron chi connectivity index (χ3n) is 3.74. The molecular formula is C11H17F2NO. The lowest BCUT2D eigenvalue weighted by atomic mass is 9.37. The van der Waals surface area contributed by atoms with Crippen molar-refractivity contribution in [3.63, 3.8) is 0 Å². The van der Waals surface area contributed by atoms with Gasteiger partial charge in [-0.3, -0.25) is 0 Å². The van der Waals surface area contributed by atoms with Crippen LogP contribution in [-0.4, -0.2) is 17.9 Å². The summed E-state index contributed by atoms with van der Waals surface area (Å²) in [6.07, 6.45) is -0.0836. The predicted octanol–water partition coefficient (Wildman–Crippen LogP) is 2.97. The van der Waals surface area contributed by atoms with Crippen LogP contribution in [0, 0.1) is 10.8 Å². The van der Waals surface area contributed by atoms with E-state index in [0.717, 1.165) is 0 Å². The molecule has 4 heteroatoms. The van der Waals surface area contributed by atoms with E-state index in [0.29, 0.717) is 19.3 Å². The number of hydrogen-bond donors (Lipinski definition) is 1. The SMILES string of the molecule is CC(C)(C)C(NC(=O)F)C12CC(F)(C1)C2. The molecule has 1 atom stereocenters. The molecule has 2 bridgehead atoms. The van der Waals surface area contributed by atoms with Crippen LogP contribution in [0.1, 0.15) is 40.0 Å². The molecule has 0 spiro atoms. The van der Waals surface area contributed by atoms with Gasteiger partial charge in [0.05, 0.1) is 0 Å². The average Bonchev–Trinajstić information content (AvgIpc) is 1.90. The second-order valence-electron chi connectivity index (χ2n) is 6.26. The van der Waals surface area contributed by atoms with Crippen molar-refractivity contribution >= 4 is 6.16 Å². The summed E-state index contributed by atoms with van der Waals surface area (Å²) in [5, 5.41) is 2.35. The molecule has 1 unspecified atom stereocenters. The zero-order chi connectivity index (χ0) is 11.5. The summed E-state index contributed by atoms with van der Waals surface area (Å²) in [5.74, 6) is 0. The highest BCUT2D eigenvalue weighted by atomic mass is 19.1. The van der Waals surface area contributed by atoms with Crippen LogP contribution >= 0.6 is 0 Å². The second-order valence-corrected chi connectivity index (χ2v) is 6.26. The highest BCUT2D eigenvalue weighted by Crippen LogP contribution is 2.72. The van der Waals surface area contributed by atoms with Gasteiger partial charge >= 0.3 is 6.16 Å². The van der Waals surface area contributed by atoms with E-state index < -0.39 is 11.8 Å². The Hall–Kier alpha value is -0.670. The number of halogens is 2. The zero-order valence-electron chi connectivity index (χ0n) is 9.36. The highest BCUT2D eigenvalue weighted by molar-refractivity contribution is 5.66. The fraction of sp³-hybridized carbons (Fsp3) is 0.909. The molecule has 0 heterocycles. The molecule has 0 aromatic heterocycles. The van der Waals surface area contributed by atoms with Crippen LogP contribution < -0.4 is 5.32 Å². The summed E-state index contributed by atoms with van der Waals surface area (Å²) >= 11 is 0. The minimum atomic E-state index is -1.51. The third kappa shape index (κ3) is 1.54. The number of carbonyl (C=O) groups is 1. The van der Waals surface area contributed by atoms with Crippen molar-refractivity contribution in [1.29, 1.82) is 0 Å². The molecule has 0 saturated heterocycles. The monoisotopic (exact) mass is 217 g/mol. The molecule has 1 N–H and O–H groups in total. The summed E-state index contributed by atoms with van der Waals surface area (Å²) in [5.41, 5.74) is -1.43. The fourth-order valence-corrected chi connectivity index (χ4v) is 3.45. The zero-order valence-corrected chi connectivity index (χ0v) is 9.36. The standard InChI is InChI=1S/C11H17F2NO/c1-9(2,3)7(14-8(12)15)10-4-11(13,5-10)6-10/h7H,4-6H2,1-3H3,(H,14,15). The van der Waals surface area contributed by atoms with E-state index in [1.807, 2.05) is 20.8 Å². The van der Waals surface area contributed by atoms with Gasteiger partial charge in [0, 0.05) is 11.5 Å². The van der Waals surface area contributed by atoms with E-state index in [-0.39, 0.29) is 16.9 Å². The van der Waals surface area contributed by atoms with Crippen LogP contribution in [0.25, 0.3) is 0 Å². The summed E-state index contributed by atoms with van der Waals surface area (Å²) in [7, 11) is 0. The lowest BCUT2D eigenvalue weighted by Gasteiger charge is -2.70. The molecule has 0 aliphatic heterocycles. The Kier molecular flexibility index (Phi) is 1.96. The maximum absolute atomic E-state index is 13.4. The molecule has 3 fully saturated rings. The number of rotatable bonds is 2. The van der Waals surface area contributed by atoms with E-state index in [9.17, 15) is 13.6 Å². The first-order chi connectivity index (χ1) is 6.67. The number of amides is 1. The maximum Gasteiger partial charge on any atom is 0.397 e. The third-order valence-corrected chi connectivity index (χ3v) is 3.74. The average molecular weight is 217 g/mol. The maximum atomic E-state index is 13.4. The number of hydrogen-bond acceptors (Lipinski definition) is 1. The molecule has 2 nitrogen and oxygen atoms in total. The lowest BCUT2D eigenvalue weighted by Crippen LogP contribution is -2.74. The minimum absolute atomic E-state index is 0.186. The summed E-state index contributed by atoms with van der Waals surface area (Å²) in [6.45, 7) is 5.83. The topological polar surface area (TPSA) is 29.1 Å². The Morgan fingerprint density at radius 2 is 1.80 bits per heavy atom. The van der Waals surface area contributed by atoms with Gasteiger partial charge in [0.25, 0.3) is 0 Å². The molecule has 3 aliphatic rings. The molecular weight excluding hydrogens is 200 g/mol. The van der Waals surface area contributed by atoms with Crippen LogP contribution in [0.4, 0.5) is 13.6 Å². The van der Waals surface area contributed by atoms with Gasteiger partial charge in [0.15, 0.2) is 0 Å². The van der Waals surface area contributed by atoms with E-state index in [1.54, 1.807) is 0 Å². The van der Waals surface area contributed by atoms with Gasteiger partial charge < -0.3 is 5.32 Å². The summed E-state index contributed by atoms with van der Waals surface area (Å²) < 4.78 is 25.8. The van der Waals surface area contributed by atoms with E-state index in [4.69, 9.17) is 0 Å². The minimum Gasteiger partial charge on any atom is -0.324 e. The van der Waals surface area contributed by atoms with Gasteiger partial charge in [-0.15, -0.1) is 4.39 Å². The van der Waals surface area contributed by atoms with Crippen molar-refractivity contribution in [3.8, 4) is 0 Å². The molecule has 0 aromatic carbocycles. The Labute approximate surface area is 88.4 Å². The first-order valence-electron chi connectivity index (χ1n) is 5.32. The first-order valence-corrected chi connectivity index (χ1v) is 5.32.